The maximum Gasteiger partial charge on any atom is 0.193 e. The molecule has 5 nitrogen and oxygen atoms in total. The quantitative estimate of drug-likeness (QED) is 0.366. The second kappa shape index (κ2) is 11.9. The lowest BCUT2D eigenvalue weighted by Crippen LogP contribution is -2.40. The molecule has 1 aromatic rings. The van der Waals surface area contributed by atoms with Crippen molar-refractivity contribution in [3.8, 4) is 0 Å². The van der Waals surface area contributed by atoms with Crippen LogP contribution in [0.4, 0.5) is 0 Å². The summed E-state index contributed by atoms with van der Waals surface area (Å²) in [5.74, 6) is 2.40. The molecule has 3 rings (SSSR count). The number of aliphatic imine (C=N–C) groups is 1. The Morgan fingerprint density at radius 1 is 1.15 bits per heavy atom. The van der Waals surface area contributed by atoms with Crippen LogP contribution in [0.3, 0.4) is 0 Å². The minimum atomic E-state index is 0. The van der Waals surface area contributed by atoms with Crippen molar-refractivity contribution in [3.05, 3.63) is 35.9 Å². The van der Waals surface area contributed by atoms with Crippen molar-refractivity contribution < 1.29 is 4.74 Å². The lowest BCUT2D eigenvalue weighted by molar-refractivity contribution is 0.0906. The van der Waals surface area contributed by atoms with Crippen LogP contribution < -0.4 is 5.32 Å². The first-order valence-corrected chi connectivity index (χ1v) is 10.1. The fourth-order valence-electron chi connectivity index (χ4n) is 3.90. The van der Waals surface area contributed by atoms with Crippen LogP contribution in [-0.2, 0) is 11.3 Å². The van der Waals surface area contributed by atoms with Crippen molar-refractivity contribution in [1.29, 1.82) is 0 Å². The molecule has 0 aliphatic carbocycles. The van der Waals surface area contributed by atoms with Crippen LogP contribution in [0.15, 0.2) is 35.3 Å². The molecule has 2 unspecified atom stereocenters. The van der Waals surface area contributed by atoms with Crippen LogP contribution in [0.25, 0.3) is 0 Å². The fraction of sp³-hybridized carbons (Fsp3) is 0.667. The third kappa shape index (κ3) is 7.23. The van der Waals surface area contributed by atoms with E-state index in [0.717, 1.165) is 38.7 Å². The van der Waals surface area contributed by atoms with Gasteiger partial charge in [-0.15, -0.1) is 24.0 Å². The summed E-state index contributed by atoms with van der Waals surface area (Å²) >= 11 is 0. The fourth-order valence-corrected chi connectivity index (χ4v) is 3.90. The van der Waals surface area contributed by atoms with Crippen molar-refractivity contribution in [2.75, 3.05) is 52.9 Å². The van der Waals surface area contributed by atoms with E-state index >= 15 is 0 Å². The number of nitrogens with one attached hydrogen (secondary N) is 1. The lowest BCUT2D eigenvalue weighted by atomic mass is 10.1. The van der Waals surface area contributed by atoms with E-state index in [1.54, 1.807) is 0 Å². The van der Waals surface area contributed by atoms with E-state index < -0.39 is 0 Å². The van der Waals surface area contributed by atoms with Gasteiger partial charge in [0.25, 0.3) is 0 Å². The molecule has 1 N–H and O–H groups in total. The molecule has 0 radical (unpaired) electrons. The van der Waals surface area contributed by atoms with E-state index in [1.807, 2.05) is 6.07 Å². The average molecular weight is 486 g/mol. The molecular formula is C21H35IN4O. The Hall–Kier alpha value is -0.860. The predicted octanol–water partition coefficient (Wildman–Crippen LogP) is 3.06. The third-order valence-electron chi connectivity index (χ3n) is 5.37. The highest BCUT2D eigenvalue weighted by molar-refractivity contribution is 14.0. The van der Waals surface area contributed by atoms with Gasteiger partial charge in [0, 0.05) is 38.6 Å². The first-order valence-electron chi connectivity index (χ1n) is 10.1. The number of guanidine groups is 1. The van der Waals surface area contributed by atoms with Gasteiger partial charge in [0.1, 0.15) is 0 Å². The van der Waals surface area contributed by atoms with Gasteiger partial charge in [-0.05, 0) is 44.8 Å². The number of benzene rings is 1. The monoisotopic (exact) mass is 486 g/mol. The van der Waals surface area contributed by atoms with Crippen molar-refractivity contribution >= 4 is 29.9 Å². The molecule has 2 fully saturated rings. The highest BCUT2D eigenvalue weighted by atomic mass is 127. The van der Waals surface area contributed by atoms with E-state index in [1.165, 1.54) is 31.5 Å². The van der Waals surface area contributed by atoms with E-state index in [9.17, 15) is 0 Å². The third-order valence-corrected chi connectivity index (χ3v) is 5.37. The zero-order chi connectivity index (χ0) is 18.2. The number of halogens is 1. The van der Waals surface area contributed by atoms with Gasteiger partial charge in [-0.1, -0.05) is 30.3 Å². The van der Waals surface area contributed by atoms with Crippen molar-refractivity contribution in [2.24, 2.45) is 16.8 Å². The van der Waals surface area contributed by atoms with Crippen LogP contribution in [0.2, 0.25) is 0 Å². The number of rotatable bonds is 7. The van der Waals surface area contributed by atoms with Crippen LogP contribution in [0.5, 0.6) is 0 Å². The highest BCUT2D eigenvalue weighted by Gasteiger charge is 2.26. The van der Waals surface area contributed by atoms with Gasteiger partial charge in [-0.3, -0.25) is 4.99 Å². The Kier molecular flexibility index (Phi) is 9.86. The smallest absolute Gasteiger partial charge is 0.193 e. The Bertz CT molecular complexity index is 569. The molecule has 0 saturated carbocycles. The molecule has 2 aliphatic heterocycles. The second-order valence-corrected chi connectivity index (χ2v) is 7.71. The lowest BCUT2D eigenvalue weighted by Gasteiger charge is -2.22. The van der Waals surface area contributed by atoms with Gasteiger partial charge in [-0.25, -0.2) is 0 Å². The first-order chi connectivity index (χ1) is 12.7. The SMILES string of the molecule is CCNC(=NCC1CCN(C)C1)N1CCC(COCc2ccccc2)C1.I. The molecule has 1 aromatic carbocycles. The summed E-state index contributed by atoms with van der Waals surface area (Å²) < 4.78 is 5.95. The maximum atomic E-state index is 5.95. The number of hydrogen-bond acceptors (Lipinski definition) is 3. The van der Waals surface area contributed by atoms with E-state index in [4.69, 9.17) is 9.73 Å². The molecule has 0 bridgehead atoms. The van der Waals surface area contributed by atoms with Crippen LogP contribution in [-0.4, -0.2) is 68.7 Å². The zero-order valence-electron chi connectivity index (χ0n) is 16.8. The molecule has 152 valence electrons. The minimum Gasteiger partial charge on any atom is -0.376 e. The number of likely N-dealkylation sites (tertiary alicyclic amines) is 2. The second-order valence-electron chi connectivity index (χ2n) is 7.71. The van der Waals surface area contributed by atoms with Gasteiger partial charge in [0.2, 0.25) is 0 Å². The van der Waals surface area contributed by atoms with Gasteiger partial charge < -0.3 is 19.9 Å². The summed E-state index contributed by atoms with van der Waals surface area (Å²) in [6, 6.07) is 10.4. The summed E-state index contributed by atoms with van der Waals surface area (Å²) in [5, 5.41) is 3.48. The molecule has 0 aromatic heterocycles. The van der Waals surface area contributed by atoms with E-state index in [2.05, 4.69) is 53.4 Å². The molecule has 0 amide bonds. The summed E-state index contributed by atoms with van der Waals surface area (Å²) in [6.45, 7) is 10.1. The largest absolute Gasteiger partial charge is 0.376 e. The molecule has 2 atom stereocenters. The number of nitrogens with zero attached hydrogens (tertiary/aromatic N) is 3. The molecular weight excluding hydrogens is 451 g/mol. The molecule has 6 heteroatoms. The highest BCUT2D eigenvalue weighted by Crippen LogP contribution is 2.19. The molecule has 27 heavy (non-hydrogen) atoms. The molecule has 2 heterocycles. The van der Waals surface area contributed by atoms with Crippen molar-refractivity contribution in [2.45, 2.75) is 26.4 Å². The van der Waals surface area contributed by atoms with Crippen molar-refractivity contribution in [1.82, 2.24) is 15.1 Å². The standard InChI is InChI=1S/C21H34N4O.HI/c1-3-22-21(23-13-19-9-11-24(2)14-19)25-12-10-20(15-25)17-26-16-18-7-5-4-6-8-18;/h4-8,19-20H,3,9-17H2,1-2H3,(H,22,23);1H. The number of hydrogen-bond donors (Lipinski definition) is 1. The normalized spacial score (nSPS) is 23.5. The Labute approximate surface area is 181 Å². The molecule has 2 saturated heterocycles. The van der Waals surface area contributed by atoms with Crippen LogP contribution in [0, 0.1) is 11.8 Å². The Morgan fingerprint density at radius 3 is 2.63 bits per heavy atom. The van der Waals surface area contributed by atoms with Crippen LogP contribution in [0.1, 0.15) is 25.3 Å². The summed E-state index contributed by atoms with van der Waals surface area (Å²) in [7, 11) is 2.20. The summed E-state index contributed by atoms with van der Waals surface area (Å²) in [5.41, 5.74) is 1.25. The van der Waals surface area contributed by atoms with E-state index in [-0.39, 0.29) is 24.0 Å². The summed E-state index contributed by atoms with van der Waals surface area (Å²) in [4.78, 5) is 9.76. The average Bonchev–Trinajstić information content (AvgIpc) is 3.29. The van der Waals surface area contributed by atoms with Gasteiger partial charge in [0.05, 0.1) is 13.2 Å². The zero-order valence-corrected chi connectivity index (χ0v) is 19.1. The topological polar surface area (TPSA) is 40.1 Å². The van der Waals surface area contributed by atoms with E-state index in [0.29, 0.717) is 18.4 Å². The minimum absolute atomic E-state index is 0. The summed E-state index contributed by atoms with van der Waals surface area (Å²) in [6.07, 6.45) is 2.46. The van der Waals surface area contributed by atoms with Crippen LogP contribution >= 0.6 is 24.0 Å². The predicted molar refractivity (Wildman–Crippen MR) is 123 cm³/mol. The number of ether oxygens (including phenoxy) is 1. The Morgan fingerprint density at radius 2 is 1.93 bits per heavy atom. The maximum absolute atomic E-state index is 5.95. The van der Waals surface area contributed by atoms with Gasteiger partial charge in [0.15, 0.2) is 5.96 Å². The van der Waals surface area contributed by atoms with Crippen molar-refractivity contribution in [3.63, 3.8) is 0 Å². The first kappa shape index (κ1) is 22.4. The molecule has 2 aliphatic rings. The Balaban J connectivity index is 0.00000261. The van der Waals surface area contributed by atoms with Gasteiger partial charge in [-0.2, -0.15) is 0 Å². The molecule has 0 spiro atoms. The van der Waals surface area contributed by atoms with Gasteiger partial charge >= 0.3 is 0 Å².